The van der Waals surface area contributed by atoms with Gasteiger partial charge in [0, 0.05) is 11.8 Å². The molecule has 0 unspecified atom stereocenters. The minimum Gasteiger partial charge on any atom is -0.292 e. The zero-order chi connectivity index (χ0) is 12.3. The van der Waals surface area contributed by atoms with Crippen molar-refractivity contribution in [3.05, 3.63) is 11.1 Å². The Morgan fingerprint density at radius 1 is 1.12 bits per heavy atom. The van der Waals surface area contributed by atoms with Crippen LogP contribution in [-0.4, -0.2) is 15.4 Å². The monoisotopic (exact) mass is 254 g/mol. The first-order valence-electron chi connectivity index (χ1n) is 6.65. The SMILES string of the molecule is CCCCCCCCCCC(=O)c1csnn1. The van der Waals surface area contributed by atoms with Gasteiger partial charge in [-0.25, -0.2) is 0 Å². The molecule has 0 amide bonds. The first-order chi connectivity index (χ1) is 8.34. The van der Waals surface area contributed by atoms with E-state index >= 15 is 0 Å². The average Bonchev–Trinajstić information content (AvgIpc) is 2.86. The molecule has 0 aliphatic carbocycles. The summed E-state index contributed by atoms with van der Waals surface area (Å²) in [6.07, 6.45) is 10.7. The van der Waals surface area contributed by atoms with E-state index in [2.05, 4.69) is 16.5 Å². The second-order valence-corrected chi connectivity index (χ2v) is 5.05. The van der Waals surface area contributed by atoms with E-state index in [9.17, 15) is 4.79 Å². The number of unbranched alkanes of at least 4 members (excludes halogenated alkanes) is 7. The van der Waals surface area contributed by atoms with Crippen molar-refractivity contribution >= 4 is 17.3 Å². The van der Waals surface area contributed by atoms with Crippen molar-refractivity contribution < 1.29 is 4.79 Å². The lowest BCUT2D eigenvalue weighted by molar-refractivity contribution is 0.0974. The highest BCUT2D eigenvalue weighted by atomic mass is 32.1. The molecule has 3 nitrogen and oxygen atoms in total. The Bertz CT molecular complexity index is 298. The highest BCUT2D eigenvalue weighted by Crippen LogP contribution is 2.11. The number of nitrogens with zero attached hydrogens (tertiary/aromatic N) is 2. The van der Waals surface area contributed by atoms with Gasteiger partial charge in [0.2, 0.25) is 0 Å². The lowest BCUT2D eigenvalue weighted by Crippen LogP contribution is -1.99. The Morgan fingerprint density at radius 2 is 1.76 bits per heavy atom. The second-order valence-electron chi connectivity index (χ2n) is 4.44. The van der Waals surface area contributed by atoms with Crippen molar-refractivity contribution in [2.45, 2.75) is 64.7 Å². The molecule has 0 saturated heterocycles. The third kappa shape index (κ3) is 6.51. The predicted octanol–water partition coefficient (Wildman–Crippen LogP) is 4.25. The van der Waals surface area contributed by atoms with E-state index < -0.39 is 0 Å². The van der Waals surface area contributed by atoms with Gasteiger partial charge >= 0.3 is 0 Å². The van der Waals surface area contributed by atoms with Gasteiger partial charge in [-0.2, -0.15) is 0 Å². The number of carbonyl (C=O) groups excluding carboxylic acids is 1. The van der Waals surface area contributed by atoms with E-state index in [1.807, 2.05) is 0 Å². The zero-order valence-electron chi connectivity index (χ0n) is 10.7. The van der Waals surface area contributed by atoms with Crippen LogP contribution in [-0.2, 0) is 0 Å². The fourth-order valence-corrected chi connectivity index (χ4v) is 2.29. The molecule has 0 saturated carbocycles. The molecule has 17 heavy (non-hydrogen) atoms. The molecule has 1 heterocycles. The number of hydrogen-bond acceptors (Lipinski definition) is 4. The smallest absolute Gasteiger partial charge is 0.183 e. The lowest BCUT2D eigenvalue weighted by atomic mass is 10.1. The Kier molecular flexibility index (Phi) is 7.80. The van der Waals surface area contributed by atoms with Crippen LogP contribution in [0.4, 0.5) is 0 Å². The molecule has 0 aromatic carbocycles. The minimum absolute atomic E-state index is 0.143. The van der Waals surface area contributed by atoms with E-state index in [0.29, 0.717) is 12.1 Å². The van der Waals surface area contributed by atoms with E-state index in [1.165, 1.54) is 50.1 Å². The quantitative estimate of drug-likeness (QED) is 0.463. The number of hydrogen-bond donors (Lipinski definition) is 0. The average molecular weight is 254 g/mol. The van der Waals surface area contributed by atoms with Crippen LogP contribution in [0.3, 0.4) is 0 Å². The molecule has 0 aliphatic rings. The maximum atomic E-state index is 11.6. The van der Waals surface area contributed by atoms with Crippen LogP contribution in [0.5, 0.6) is 0 Å². The predicted molar refractivity (Wildman–Crippen MR) is 71.5 cm³/mol. The highest BCUT2D eigenvalue weighted by Gasteiger charge is 2.07. The van der Waals surface area contributed by atoms with Gasteiger partial charge < -0.3 is 0 Å². The largest absolute Gasteiger partial charge is 0.292 e. The van der Waals surface area contributed by atoms with E-state index in [1.54, 1.807) is 5.38 Å². The Morgan fingerprint density at radius 3 is 2.35 bits per heavy atom. The fraction of sp³-hybridized carbons (Fsp3) is 0.769. The Hall–Kier alpha value is -0.770. The van der Waals surface area contributed by atoms with Crippen LogP contribution in [0.2, 0.25) is 0 Å². The van der Waals surface area contributed by atoms with Crippen LogP contribution in [0.15, 0.2) is 5.38 Å². The highest BCUT2D eigenvalue weighted by molar-refractivity contribution is 7.03. The molecule has 1 aromatic heterocycles. The molecular formula is C13H22N2OS. The molecule has 0 bridgehead atoms. The number of ketones is 1. The Labute approximate surface area is 108 Å². The molecule has 96 valence electrons. The lowest BCUT2D eigenvalue weighted by Gasteiger charge is -2.00. The van der Waals surface area contributed by atoms with Gasteiger partial charge in [-0.1, -0.05) is 56.4 Å². The van der Waals surface area contributed by atoms with Gasteiger partial charge in [-0.3, -0.25) is 4.79 Å². The van der Waals surface area contributed by atoms with Gasteiger partial charge in [0.25, 0.3) is 0 Å². The first kappa shape index (κ1) is 14.3. The van der Waals surface area contributed by atoms with Crippen LogP contribution in [0.25, 0.3) is 0 Å². The van der Waals surface area contributed by atoms with Gasteiger partial charge in [0.1, 0.15) is 5.69 Å². The van der Waals surface area contributed by atoms with Crippen LogP contribution < -0.4 is 0 Å². The molecule has 0 radical (unpaired) electrons. The summed E-state index contributed by atoms with van der Waals surface area (Å²) in [5.74, 6) is 0.143. The summed E-state index contributed by atoms with van der Waals surface area (Å²) in [6.45, 7) is 2.24. The van der Waals surface area contributed by atoms with Gasteiger partial charge in [-0.15, -0.1) is 5.10 Å². The zero-order valence-corrected chi connectivity index (χ0v) is 11.5. The number of aromatic nitrogens is 2. The van der Waals surface area contributed by atoms with Crippen molar-refractivity contribution in [1.29, 1.82) is 0 Å². The molecule has 4 heteroatoms. The van der Waals surface area contributed by atoms with E-state index in [-0.39, 0.29) is 5.78 Å². The standard InChI is InChI=1S/C13H22N2OS/c1-2-3-4-5-6-7-8-9-10-13(16)12-11-17-15-14-12/h11H,2-10H2,1H3. The minimum atomic E-state index is 0.143. The summed E-state index contributed by atoms with van der Waals surface area (Å²) in [5.41, 5.74) is 0.540. The second kappa shape index (κ2) is 9.28. The maximum Gasteiger partial charge on any atom is 0.183 e. The summed E-state index contributed by atoms with van der Waals surface area (Å²) in [6, 6.07) is 0. The van der Waals surface area contributed by atoms with Crippen molar-refractivity contribution in [3.63, 3.8) is 0 Å². The molecule has 0 spiro atoms. The summed E-state index contributed by atoms with van der Waals surface area (Å²) < 4.78 is 3.70. The van der Waals surface area contributed by atoms with Crippen LogP contribution in [0, 0.1) is 0 Å². The number of carbonyl (C=O) groups is 1. The van der Waals surface area contributed by atoms with E-state index in [4.69, 9.17) is 0 Å². The number of Topliss-reactive ketones (excluding diaryl/α,β-unsaturated/α-hetero) is 1. The van der Waals surface area contributed by atoms with Crippen LogP contribution in [0.1, 0.15) is 75.2 Å². The normalized spacial score (nSPS) is 10.6. The van der Waals surface area contributed by atoms with Gasteiger partial charge in [-0.05, 0) is 18.0 Å². The third-order valence-electron chi connectivity index (χ3n) is 2.90. The maximum absolute atomic E-state index is 11.6. The molecule has 0 aliphatic heterocycles. The summed E-state index contributed by atoms with van der Waals surface area (Å²) >= 11 is 1.24. The van der Waals surface area contributed by atoms with Crippen molar-refractivity contribution in [1.82, 2.24) is 9.59 Å². The molecule has 0 N–H and O–H groups in total. The van der Waals surface area contributed by atoms with Gasteiger partial charge in [0.15, 0.2) is 5.78 Å². The fourth-order valence-electron chi connectivity index (χ4n) is 1.83. The molecule has 0 atom stereocenters. The van der Waals surface area contributed by atoms with Crippen molar-refractivity contribution in [2.75, 3.05) is 0 Å². The summed E-state index contributed by atoms with van der Waals surface area (Å²) in [7, 11) is 0. The van der Waals surface area contributed by atoms with Crippen molar-refractivity contribution in [2.24, 2.45) is 0 Å². The Balaban J connectivity index is 1.92. The molecule has 1 rings (SSSR count). The molecular weight excluding hydrogens is 232 g/mol. The first-order valence-corrected chi connectivity index (χ1v) is 7.48. The summed E-state index contributed by atoms with van der Waals surface area (Å²) in [4.78, 5) is 11.6. The van der Waals surface area contributed by atoms with Gasteiger partial charge in [0.05, 0.1) is 0 Å². The number of rotatable bonds is 10. The third-order valence-corrected chi connectivity index (χ3v) is 3.41. The van der Waals surface area contributed by atoms with Crippen molar-refractivity contribution in [3.8, 4) is 0 Å². The topological polar surface area (TPSA) is 42.9 Å². The molecule has 0 fully saturated rings. The summed E-state index contributed by atoms with van der Waals surface area (Å²) in [5, 5.41) is 5.51. The molecule has 1 aromatic rings. The van der Waals surface area contributed by atoms with Crippen LogP contribution >= 0.6 is 11.5 Å². The van der Waals surface area contributed by atoms with E-state index in [0.717, 1.165) is 12.8 Å².